The number of halogens is 1. The van der Waals surface area contributed by atoms with Crippen molar-refractivity contribution in [3.63, 3.8) is 0 Å². The molecule has 3 heterocycles. The molecule has 4 nitrogen and oxygen atoms in total. The zero-order valence-corrected chi connectivity index (χ0v) is 19.2. The average molecular weight is 432 g/mol. The second-order valence-electron chi connectivity index (χ2n) is 8.73. The summed E-state index contributed by atoms with van der Waals surface area (Å²) in [6, 6.07) is 5.82. The molecule has 2 fully saturated rings. The monoisotopic (exact) mass is 431 g/mol. The van der Waals surface area contributed by atoms with Crippen LogP contribution >= 0.6 is 22.9 Å². The molecule has 0 spiro atoms. The number of nitrogens with zero attached hydrogens (tertiary/aromatic N) is 3. The molecule has 4 rings (SSSR count). The molecule has 2 aliphatic heterocycles. The fourth-order valence-corrected chi connectivity index (χ4v) is 6.01. The summed E-state index contributed by atoms with van der Waals surface area (Å²) < 4.78 is 0. The molecule has 1 aromatic carbocycles. The van der Waals surface area contributed by atoms with Crippen molar-refractivity contribution in [3.8, 4) is 10.6 Å². The first kappa shape index (κ1) is 20.8. The molecule has 0 N–H and O–H groups in total. The fourth-order valence-electron chi connectivity index (χ4n) is 4.66. The van der Waals surface area contributed by atoms with Crippen molar-refractivity contribution in [2.75, 3.05) is 26.2 Å². The third kappa shape index (κ3) is 4.23. The largest absolute Gasteiger partial charge is 0.338 e. The molecule has 1 aromatic heterocycles. The molecule has 0 atom stereocenters. The molecule has 2 saturated heterocycles. The quantitative estimate of drug-likeness (QED) is 0.638. The van der Waals surface area contributed by atoms with Crippen LogP contribution in [0.15, 0.2) is 18.2 Å². The van der Waals surface area contributed by atoms with Gasteiger partial charge in [0.25, 0.3) is 5.91 Å². The third-order valence-corrected chi connectivity index (χ3v) is 8.07. The highest BCUT2D eigenvalue weighted by Crippen LogP contribution is 2.35. The van der Waals surface area contributed by atoms with Gasteiger partial charge in [-0.3, -0.25) is 9.69 Å². The first-order valence-corrected chi connectivity index (χ1v) is 11.9. The smallest absolute Gasteiger partial charge is 0.265 e. The van der Waals surface area contributed by atoms with E-state index in [4.69, 9.17) is 16.6 Å². The van der Waals surface area contributed by atoms with Crippen molar-refractivity contribution >= 4 is 28.8 Å². The highest BCUT2D eigenvalue weighted by Gasteiger charge is 2.37. The van der Waals surface area contributed by atoms with Crippen LogP contribution in [0.4, 0.5) is 0 Å². The Morgan fingerprint density at radius 3 is 2.45 bits per heavy atom. The number of piperidine rings is 2. The normalized spacial score (nSPS) is 20.1. The Morgan fingerprint density at radius 2 is 1.79 bits per heavy atom. The van der Waals surface area contributed by atoms with E-state index in [1.165, 1.54) is 43.7 Å². The van der Waals surface area contributed by atoms with Crippen molar-refractivity contribution in [1.29, 1.82) is 0 Å². The Labute approximate surface area is 182 Å². The first-order chi connectivity index (χ1) is 13.9. The van der Waals surface area contributed by atoms with E-state index in [1.807, 2.05) is 36.9 Å². The highest BCUT2D eigenvalue weighted by atomic mass is 35.5. The van der Waals surface area contributed by atoms with Gasteiger partial charge < -0.3 is 4.90 Å². The van der Waals surface area contributed by atoms with Gasteiger partial charge in [-0.1, -0.05) is 24.1 Å². The van der Waals surface area contributed by atoms with Crippen molar-refractivity contribution in [2.45, 2.75) is 58.4 Å². The summed E-state index contributed by atoms with van der Waals surface area (Å²) in [7, 11) is 0. The third-order valence-electron chi connectivity index (χ3n) is 6.66. The van der Waals surface area contributed by atoms with Crippen LogP contribution in [0.25, 0.3) is 10.6 Å². The number of hydrogen-bond donors (Lipinski definition) is 0. The summed E-state index contributed by atoms with van der Waals surface area (Å²) in [6.07, 6.45) is 6.09. The zero-order valence-electron chi connectivity index (χ0n) is 17.6. The SMILES string of the molecule is Cc1cc(Cl)ccc1-c1nc(C)c(C(=O)N2CCC(C)(N3CCCCC3)CC2)s1. The van der Waals surface area contributed by atoms with Gasteiger partial charge in [-0.25, -0.2) is 4.98 Å². The van der Waals surface area contributed by atoms with Gasteiger partial charge in [0, 0.05) is 29.2 Å². The number of likely N-dealkylation sites (tertiary alicyclic amines) is 2. The number of carbonyl (C=O) groups is 1. The van der Waals surface area contributed by atoms with E-state index in [1.54, 1.807) is 0 Å². The molecule has 0 saturated carbocycles. The van der Waals surface area contributed by atoms with Gasteiger partial charge in [0.05, 0.1) is 5.69 Å². The second kappa shape index (κ2) is 8.37. The van der Waals surface area contributed by atoms with Crippen LogP contribution < -0.4 is 0 Å². The number of amides is 1. The van der Waals surface area contributed by atoms with Crippen LogP contribution in [0, 0.1) is 13.8 Å². The standard InChI is InChI=1S/C23H30ClN3OS/c1-16-15-18(24)7-8-19(16)21-25-17(2)20(29-21)22(28)26-13-9-23(3,10-14-26)27-11-5-4-6-12-27/h7-8,15H,4-6,9-14H2,1-3H3. The van der Waals surface area contributed by atoms with Crippen molar-refractivity contribution in [3.05, 3.63) is 39.4 Å². The highest BCUT2D eigenvalue weighted by molar-refractivity contribution is 7.17. The summed E-state index contributed by atoms with van der Waals surface area (Å²) in [4.78, 5) is 23.4. The summed E-state index contributed by atoms with van der Waals surface area (Å²) in [5.74, 6) is 0.138. The van der Waals surface area contributed by atoms with Gasteiger partial charge in [0.1, 0.15) is 9.88 Å². The topological polar surface area (TPSA) is 36.4 Å². The van der Waals surface area contributed by atoms with E-state index in [-0.39, 0.29) is 11.4 Å². The van der Waals surface area contributed by atoms with Crippen molar-refractivity contribution in [1.82, 2.24) is 14.8 Å². The van der Waals surface area contributed by atoms with Gasteiger partial charge in [0.2, 0.25) is 0 Å². The minimum absolute atomic E-state index is 0.138. The molecule has 2 aliphatic rings. The summed E-state index contributed by atoms with van der Waals surface area (Å²) in [6.45, 7) is 10.5. The molecular formula is C23H30ClN3OS. The van der Waals surface area contributed by atoms with Crippen LogP contribution in [0.5, 0.6) is 0 Å². The predicted molar refractivity (Wildman–Crippen MR) is 121 cm³/mol. The Morgan fingerprint density at radius 1 is 1.10 bits per heavy atom. The van der Waals surface area contributed by atoms with Crippen LogP contribution in [0.2, 0.25) is 5.02 Å². The van der Waals surface area contributed by atoms with Crippen molar-refractivity contribution in [2.24, 2.45) is 0 Å². The second-order valence-corrected chi connectivity index (χ2v) is 10.2. The fraction of sp³-hybridized carbons (Fsp3) is 0.565. The van der Waals surface area contributed by atoms with Gasteiger partial charge in [-0.15, -0.1) is 11.3 Å². The van der Waals surface area contributed by atoms with Crippen LogP contribution in [-0.2, 0) is 0 Å². The first-order valence-electron chi connectivity index (χ1n) is 10.7. The lowest BCUT2D eigenvalue weighted by atomic mass is 9.86. The number of thiazole rings is 1. The van der Waals surface area contributed by atoms with Gasteiger partial charge >= 0.3 is 0 Å². The molecule has 0 aliphatic carbocycles. The van der Waals surface area contributed by atoms with E-state index in [2.05, 4.69) is 11.8 Å². The molecule has 156 valence electrons. The van der Waals surface area contributed by atoms with E-state index < -0.39 is 0 Å². The number of rotatable bonds is 3. The average Bonchev–Trinajstić information content (AvgIpc) is 3.10. The number of benzene rings is 1. The number of carbonyl (C=O) groups excluding carboxylic acids is 1. The Balaban J connectivity index is 1.47. The lowest BCUT2D eigenvalue weighted by Gasteiger charge is -2.48. The maximum atomic E-state index is 13.3. The van der Waals surface area contributed by atoms with Gasteiger partial charge in [-0.05, 0) is 77.2 Å². The molecule has 0 radical (unpaired) electrons. The number of aromatic nitrogens is 1. The Kier molecular flexibility index (Phi) is 6.01. The maximum Gasteiger partial charge on any atom is 0.265 e. The van der Waals surface area contributed by atoms with Gasteiger partial charge in [-0.2, -0.15) is 0 Å². The zero-order chi connectivity index (χ0) is 20.6. The van der Waals surface area contributed by atoms with Gasteiger partial charge in [0.15, 0.2) is 0 Å². The minimum atomic E-state index is 0.138. The Hall–Kier alpha value is -1.43. The number of aryl methyl sites for hydroxylation is 2. The molecular weight excluding hydrogens is 402 g/mol. The predicted octanol–water partition coefficient (Wildman–Crippen LogP) is 5.56. The molecule has 0 unspecified atom stereocenters. The van der Waals surface area contributed by atoms with E-state index in [0.29, 0.717) is 0 Å². The summed E-state index contributed by atoms with van der Waals surface area (Å²) in [5, 5.41) is 1.62. The van der Waals surface area contributed by atoms with Crippen LogP contribution in [0.1, 0.15) is 60.0 Å². The van der Waals surface area contributed by atoms with E-state index in [0.717, 1.165) is 57.7 Å². The molecule has 2 aromatic rings. The molecule has 0 bridgehead atoms. The molecule has 29 heavy (non-hydrogen) atoms. The van der Waals surface area contributed by atoms with E-state index >= 15 is 0 Å². The van der Waals surface area contributed by atoms with Crippen molar-refractivity contribution < 1.29 is 4.79 Å². The lowest BCUT2D eigenvalue weighted by molar-refractivity contribution is 0.0205. The van der Waals surface area contributed by atoms with Crippen LogP contribution in [0.3, 0.4) is 0 Å². The molecule has 6 heteroatoms. The van der Waals surface area contributed by atoms with E-state index in [9.17, 15) is 4.79 Å². The Bertz CT molecular complexity index is 896. The summed E-state index contributed by atoms with van der Waals surface area (Å²) >= 11 is 7.60. The molecule has 1 amide bonds. The number of hydrogen-bond acceptors (Lipinski definition) is 4. The maximum absolute atomic E-state index is 13.3. The lowest BCUT2D eigenvalue weighted by Crippen LogP contribution is -2.55. The summed E-state index contributed by atoms with van der Waals surface area (Å²) in [5.41, 5.74) is 3.21. The minimum Gasteiger partial charge on any atom is -0.338 e. The van der Waals surface area contributed by atoms with Crippen LogP contribution in [-0.4, -0.2) is 52.4 Å².